The van der Waals surface area contributed by atoms with E-state index in [1.165, 1.54) is 7.11 Å². The molecular formula is C13H12BrNO2. The van der Waals surface area contributed by atoms with E-state index in [0.717, 1.165) is 10.0 Å². The lowest BCUT2D eigenvalue weighted by molar-refractivity contribution is 0.0589. The number of esters is 1. The van der Waals surface area contributed by atoms with Crippen molar-refractivity contribution in [2.24, 2.45) is 0 Å². The zero-order valence-corrected chi connectivity index (χ0v) is 11.0. The van der Waals surface area contributed by atoms with Gasteiger partial charge in [0.2, 0.25) is 0 Å². The molecule has 1 heterocycles. The van der Waals surface area contributed by atoms with Gasteiger partial charge in [-0.05, 0) is 29.8 Å². The molecule has 0 fully saturated rings. The molecule has 1 aromatic carbocycles. The molecule has 3 nitrogen and oxygen atoms in total. The van der Waals surface area contributed by atoms with Gasteiger partial charge in [0.1, 0.15) is 5.69 Å². The maximum absolute atomic E-state index is 11.5. The van der Waals surface area contributed by atoms with Crippen LogP contribution in [-0.2, 0) is 11.3 Å². The molecule has 0 amide bonds. The van der Waals surface area contributed by atoms with Crippen LogP contribution in [0.4, 0.5) is 0 Å². The van der Waals surface area contributed by atoms with E-state index in [9.17, 15) is 4.79 Å². The summed E-state index contributed by atoms with van der Waals surface area (Å²) >= 11 is 3.43. The van der Waals surface area contributed by atoms with Crippen LogP contribution in [0.5, 0.6) is 0 Å². The molecule has 0 saturated heterocycles. The van der Waals surface area contributed by atoms with Gasteiger partial charge in [0.15, 0.2) is 0 Å². The Kier molecular flexibility index (Phi) is 3.64. The fraction of sp³-hybridized carbons (Fsp3) is 0.154. The number of carbonyl (C=O) groups excluding carboxylic acids is 1. The SMILES string of the molecule is COC(=O)c1cccn1Cc1cccc(Br)c1. The summed E-state index contributed by atoms with van der Waals surface area (Å²) in [6, 6.07) is 11.6. The van der Waals surface area contributed by atoms with E-state index in [1.807, 2.05) is 41.1 Å². The predicted molar refractivity (Wildman–Crippen MR) is 69.0 cm³/mol. The zero-order valence-electron chi connectivity index (χ0n) is 9.39. The molecule has 0 bridgehead atoms. The van der Waals surface area contributed by atoms with Crippen LogP contribution in [0.2, 0.25) is 0 Å². The monoisotopic (exact) mass is 293 g/mol. The molecule has 0 aliphatic rings. The van der Waals surface area contributed by atoms with Crippen molar-refractivity contribution in [3.8, 4) is 0 Å². The number of aromatic nitrogens is 1. The smallest absolute Gasteiger partial charge is 0.354 e. The number of nitrogens with zero attached hydrogens (tertiary/aromatic N) is 1. The van der Waals surface area contributed by atoms with Gasteiger partial charge in [-0.2, -0.15) is 0 Å². The van der Waals surface area contributed by atoms with E-state index in [4.69, 9.17) is 4.74 Å². The fourth-order valence-corrected chi connectivity index (χ4v) is 2.12. The average Bonchev–Trinajstić information content (AvgIpc) is 2.76. The second kappa shape index (κ2) is 5.19. The van der Waals surface area contributed by atoms with Crippen molar-refractivity contribution in [2.45, 2.75) is 6.54 Å². The fourth-order valence-electron chi connectivity index (χ4n) is 1.67. The molecule has 2 aromatic rings. The number of benzene rings is 1. The molecule has 0 unspecified atom stereocenters. The molecule has 4 heteroatoms. The van der Waals surface area contributed by atoms with Gasteiger partial charge in [-0.15, -0.1) is 0 Å². The van der Waals surface area contributed by atoms with Gasteiger partial charge in [-0.25, -0.2) is 4.79 Å². The first-order valence-corrected chi connectivity index (χ1v) is 5.98. The maximum Gasteiger partial charge on any atom is 0.354 e. The van der Waals surface area contributed by atoms with E-state index in [-0.39, 0.29) is 5.97 Å². The van der Waals surface area contributed by atoms with Crippen LogP contribution in [-0.4, -0.2) is 17.6 Å². The quantitative estimate of drug-likeness (QED) is 0.815. The lowest BCUT2D eigenvalue weighted by atomic mass is 10.2. The van der Waals surface area contributed by atoms with Crippen LogP contribution >= 0.6 is 15.9 Å². The second-order valence-corrected chi connectivity index (χ2v) is 4.56. The third kappa shape index (κ3) is 2.77. The molecule has 1 aromatic heterocycles. The number of ether oxygens (including phenoxy) is 1. The number of rotatable bonds is 3. The second-order valence-electron chi connectivity index (χ2n) is 3.64. The Balaban J connectivity index is 2.25. The average molecular weight is 294 g/mol. The highest BCUT2D eigenvalue weighted by atomic mass is 79.9. The molecular weight excluding hydrogens is 282 g/mol. The van der Waals surface area contributed by atoms with Crippen LogP contribution in [0.25, 0.3) is 0 Å². The van der Waals surface area contributed by atoms with Gasteiger partial charge >= 0.3 is 5.97 Å². The normalized spacial score (nSPS) is 10.2. The number of carbonyl (C=O) groups is 1. The summed E-state index contributed by atoms with van der Waals surface area (Å²) in [6.45, 7) is 0.650. The first-order valence-electron chi connectivity index (χ1n) is 5.18. The highest BCUT2D eigenvalue weighted by molar-refractivity contribution is 9.10. The van der Waals surface area contributed by atoms with Gasteiger partial charge in [-0.3, -0.25) is 0 Å². The minimum Gasteiger partial charge on any atom is -0.464 e. The van der Waals surface area contributed by atoms with E-state index in [1.54, 1.807) is 6.07 Å². The van der Waals surface area contributed by atoms with E-state index in [2.05, 4.69) is 15.9 Å². The molecule has 0 N–H and O–H groups in total. The summed E-state index contributed by atoms with van der Waals surface area (Å²) in [6.07, 6.45) is 1.87. The Labute approximate surface area is 108 Å². The molecule has 0 radical (unpaired) electrons. The molecule has 2 rings (SSSR count). The molecule has 0 spiro atoms. The van der Waals surface area contributed by atoms with Gasteiger partial charge in [0, 0.05) is 17.2 Å². The molecule has 0 aliphatic heterocycles. The van der Waals surface area contributed by atoms with Gasteiger partial charge in [0.25, 0.3) is 0 Å². The molecule has 0 aliphatic carbocycles. The van der Waals surface area contributed by atoms with Gasteiger partial charge < -0.3 is 9.30 Å². The summed E-state index contributed by atoms with van der Waals surface area (Å²) in [5, 5.41) is 0. The molecule has 88 valence electrons. The molecule has 0 saturated carbocycles. The van der Waals surface area contributed by atoms with Crippen molar-refractivity contribution >= 4 is 21.9 Å². The standard InChI is InChI=1S/C13H12BrNO2/c1-17-13(16)12-6-3-7-15(12)9-10-4-2-5-11(14)8-10/h2-8H,9H2,1H3. The molecule has 0 atom stereocenters. The maximum atomic E-state index is 11.5. The van der Waals surface area contributed by atoms with Crippen LogP contribution < -0.4 is 0 Å². The van der Waals surface area contributed by atoms with Crippen molar-refractivity contribution in [2.75, 3.05) is 7.11 Å². The van der Waals surface area contributed by atoms with Crippen LogP contribution in [0.3, 0.4) is 0 Å². The Hall–Kier alpha value is -1.55. The van der Waals surface area contributed by atoms with Crippen LogP contribution in [0.15, 0.2) is 47.1 Å². The summed E-state index contributed by atoms with van der Waals surface area (Å²) < 4.78 is 7.63. The Bertz CT molecular complexity index is 534. The minimum atomic E-state index is -0.315. The first kappa shape index (κ1) is 11.9. The summed E-state index contributed by atoms with van der Waals surface area (Å²) in [4.78, 5) is 11.5. The van der Waals surface area contributed by atoms with Crippen molar-refractivity contribution in [1.82, 2.24) is 4.57 Å². The summed E-state index contributed by atoms with van der Waals surface area (Å²) in [5.41, 5.74) is 1.69. The van der Waals surface area contributed by atoms with E-state index >= 15 is 0 Å². The number of methoxy groups -OCH3 is 1. The van der Waals surface area contributed by atoms with Crippen molar-refractivity contribution in [3.63, 3.8) is 0 Å². The lowest BCUT2D eigenvalue weighted by Crippen LogP contribution is -2.10. The van der Waals surface area contributed by atoms with Crippen LogP contribution in [0, 0.1) is 0 Å². The van der Waals surface area contributed by atoms with E-state index in [0.29, 0.717) is 12.2 Å². The largest absolute Gasteiger partial charge is 0.464 e. The van der Waals surface area contributed by atoms with Crippen molar-refractivity contribution in [1.29, 1.82) is 0 Å². The minimum absolute atomic E-state index is 0.315. The summed E-state index contributed by atoms with van der Waals surface area (Å²) in [7, 11) is 1.39. The highest BCUT2D eigenvalue weighted by Crippen LogP contribution is 2.14. The number of hydrogen-bond acceptors (Lipinski definition) is 2. The first-order chi connectivity index (χ1) is 8.20. The van der Waals surface area contributed by atoms with Gasteiger partial charge in [-0.1, -0.05) is 28.1 Å². The topological polar surface area (TPSA) is 31.2 Å². The number of halogens is 1. The lowest BCUT2D eigenvalue weighted by Gasteiger charge is -2.08. The van der Waals surface area contributed by atoms with Gasteiger partial charge in [0.05, 0.1) is 7.11 Å². The third-order valence-corrected chi connectivity index (χ3v) is 2.96. The van der Waals surface area contributed by atoms with E-state index < -0.39 is 0 Å². The Morgan fingerprint density at radius 1 is 1.35 bits per heavy atom. The predicted octanol–water partition coefficient (Wildman–Crippen LogP) is 3.09. The molecule has 17 heavy (non-hydrogen) atoms. The third-order valence-electron chi connectivity index (χ3n) is 2.47. The zero-order chi connectivity index (χ0) is 12.3. The Morgan fingerprint density at radius 3 is 2.88 bits per heavy atom. The Morgan fingerprint density at radius 2 is 2.18 bits per heavy atom. The van der Waals surface area contributed by atoms with Crippen molar-refractivity contribution < 1.29 is 9.53 Å². The van der Waals surface area contributed by atoms with Crippen molar-refractivity contribution in [3.05, 3.63) is 58.3 Å². The highest BCUT2D eigenvalue weighted by Gasteiger charge is 2.10. The summed E-state index contributed by atoms with van der Waals surface area (Å²) in [5.74, 6) is -0.315. The van der Waals surface area contributed by atoms with Crippen LogP contribution in [0.1, 0.15) is 16.1 Å². The number of hydrogen-bond donors (Lipinski definition) is 0.